The zero-order valence-electron chi connectivity index (χ0n) is 16.2. The Hall–Kier alpha value is -2.78. The molecule has 0 amide bonds. The normalized spacial score (nSPS) is 11.9. The lowest BCUT2D eigenvalue weighted by Crippen LogP contribution is -2.09. The molecule has 27 heavy (non-hydrogen) atoms. The Morgan fingerprint density at radius 2 is 1.30 bits per heavy atom. The SMILES string of the molecule is Cc1ccc(N(C)c2ccc(C(C)c3ccc(OCCO)cc3)cc2)cc1. The highest BCUT2D eigenvalue weighted by molar-refractivity contribution is 5.63. The molecule has 140 valence electrons. The van der Waals surface area contributed by atoms with Gasteiger partial charge in [0.05, 0.1) is 6.61 Å². The van der Waals surface area contributed by atoms with E-state index >= 15 is 0 Å². The number of ether oxygens (including phenoxy) is 1. The lowest BCUT2D eigenvalue weighted by molar-refractivity contribution is 0.201. The van der Waals surface area contributed by atoms with E-state index in [1.165, 1.54) is 28.1 Å². The zero-order valence-corrected chi connectivity index (χ0v) is 16.2. The van der Waals surface area contributed by atoms with Gasteiger partial charge in [0.15, 0.2) is 0 Å². The van der Waals surface area contributed by atoms with Crippen molar-refractivity contribution in [3.05, 3.63) is 89.5 Å². The molecular formula is C24H27NO2. The smallest absolute Gasteiger partial charge is 0.119 e. The van der Waals surface area contributed by atoms with E-state index in [-0.39, 0.29) is 6.61 Å². The number of anilines is 2. The minimum atomic E-state index is 0.0293. The van der Waals surface area contributed by atoms with Crippen LogP contribution in [0.5, 0.6) is 5.75 Å². The number of nitrogens with zero attached hydrogens (tertiary/aromatic N) is 1. The summed E-state index contributed by atoms with van der Waals surface area (Å²) in [6.45, 7) is 4.67. The van der Waals surface area contributed by atoms with Gasteiger partial charge in [-0.1, -0.05) is 48.9 Å². The summed E-state index contributed by atoms with van der Waals surface area (Å²) in [7, 11) is 2.09. The number of aliphatic hydroxyl groups is 1. The molecule has 0 bridgehead atoms. The minimum absolute atomic E-state index is 0.0293. The third-order valence-corrected chi connectivity index (χ3v) is 4.94. The lowest BCUT2D eigenvalue weighted by atomic mass is 9.93. The molecule has 0 aliphatic carbocycles. The van der Waals surface area contributed by atoms with Crippen molar-refractivity contribution >= 4 is 11.4 Å². The second-order valence-electron chi connectivity index (χ2n) is 6.85. The standard InChI is InChI=1S/C24H27NO2/c1-18-4-10-22(11-5-18)25(3)23-12-6-20(7-13-23)19(2)21-8-14-24(15-9-21)27-17-16-26/h4-15,19,26H,16-17H2,1-3H3. The van der Waals surface area contributed by atoms with Crippen molar-refractivity contribution in [2.75, 3.05) is 25.2 Å². The number of aryl methyl sites for hydroxylation is 1. The second kappa shape index (κ2) is 8.74. The zero-order chi connectivity index (χ0) is 19.2. The Bertz CT molecular complexity index is 839. The van der Waals surface area contributed by atoms with E-state index in [1.54, 1.807) is 0 Å². The molecule has 3 rings (SSSR count). The van der Waals surface area contributed by atoms with E-state index < -0.39 is 0 Å². The topological polar surface area (TPSA) is 32.7 Å². The van der Waals surface area contributed by atoms with Gasteiger partial charge in [-0.3, -0.25) is 0 Å². The third kappa shape index (κ3) is 4.69. The molecule has 0 saturated heterocycles. The van der Waals surface area contributed by atoms with Crippen LogP contribution in [0.15, 0.2) is 72.8 Å². The molecule has 0 aromatic heterocycles. The second-order valence-corrected chi connectivity index (χ2v) is 6.85. The Balaban J connectivity index is 1.71. The average molecular weight is 361 g/mol. The fourth-order valence-electron chi connectivity index (χ4n) is 3.11. The maximum Gasteiger partial charge on any atom is 0.119 e. The molecule has 1 unspecified atom stereocenters. The van der Waals surface area contributed by atoms with Gasteiger partial charge < -0.3 is 14.7 Å². The van der Waals surface area contributed by atoms with Crippen LogP contribution in [0.4, 0.5) is 11.4 Å². The maximum atomic E-state index is 8.84. The molecule has 0 radical (unpaired) electrons. The first-order valence-corrected chi connectivity index (χ1v) is 9.32. The molecule has 3 nitrogen and oxygen atoms in total. The summed E-state index contributed by atoms with van der Waals surface area (Å²) >= 11 is 0. The summed E-state index contributed by atoms with van der Waals surface area (Å²) in [5.74, 6) is 1.09. The van der Waals surface area contributed by atoms with E-state index in [1.807, 2.05) is 12.1 Å². The molecule has 1 atom stereocenters. The molecule has 3 heteroatoms. The molecule has 3 aromatic rings. The van der Waals surface area contributed by atoms with Crippen molar-refractivity contribution in [2.24, 2.45) is 0 Å². The van der Waals surface area contributed by atoms with Crippen molar-refractivity contribution < 1.29 is 9.84 Å². The Morgan fingerprint density at radius 1 is 0.815 bits per heavy atom. The number of aliphatic hydroxyl groups excluding tert-OH is 1. The van der Waals surface area contributed by atoms with Gasteiger partial charge in [0.2, 0.25) is 0 Å². The Kier molecular flexibility index (Phi) is 6.15. The van der Waals surface area contributed by atoms with Crippen LogP contribution >= 0.6 is 0 Å². The number of benzene rings is 3. The molecule has 0 aliphatic rings. The molecule has 0 saturated carbocycles. The predicted octanol–water partition coefficient (Wildman–Crippen LogP) is 5.29. The first kappa shape index (κ1) is 19.0. The van der Waals surface area contributed by atoms with Gasteiger partial charge in [-0.25, -0.2) is 0 Å². The maximum absolute atomic E-state index is 8.84. The molecule has 0 aliphatic heterocycles. The highest BCUT2D eigenvalue weighted by Gasteiger charge is 2.10. The van der Waals surface area contributed by atoms with Gasteiger partial charge in [0.25, 0.3) is 0 Å². The summed E-state index contributed by atoms with van der Waals surface area (Å²) in [5, 5.41) is 8.84. The quantitative estimate of drug-likeness (QED) is 0.621. The van der Waals surface area contributed by atoms with Crippen LogP contribution in [-0.4, -0.2) is 25.4 Å². The van der Waals surface area contributed by atoms with Crippen LogP contribution in [0.2, 0.25) is 0 Å². The summed E-state index contributed by atoms with van der Waals surface area (Å²) < 4.78 is 5.43. The molecular weight excluding hydrogens is 334 g/mol. The number of rotatable bonds is 7. The molecule has 3 aromatic carbocycles. The van der Waals surface area contributed by atoms with Crippen molar-refractivity contribution in [2.45, 2.75) is 19.8 Å². The fourth-order valence-corrected chi connectivity index (χ4v) is 3.11. The van der Waals surface area contributed by atoms with E-state index in [9.17, 15) is 0 Å². The molecule has 0 spiro atoms. The van der Waals surface area contributed by atoms with E-state index in [0.717, 1.165) is 5.75 Å². The predicted molar refractivity (Wildman–Crippen MR) is 112 cm³/mol. The van der Waals surface area contributed by atoms with Crippen LogP contribution in [0.3, 0.4) is 0 Å². The largest absolute Gasteiger partial charge is 0.491 e. The van der Waals surface area contributed by atoms with Crippen molar-refractivity contribution in [3.8, 4) is 5.75 Å². The number of hydrogen-bond donors (Lipinski definition) is 1. The minimum Gasteiger partial charge on any atom is -0.491 e. The lowest BCUT2D eigenvalue weighted by Gasteiger charge is -2.21. The van der Waals surface area contributed by atoms with Gasteiger partial charge in [-0.15, -0.1) is 0 Å². The highest BCUT2D eigenvalue weighted by Crippen LogP contribution is 2.29. The first-order chi connectivity index (χ1) is 13.1. The van der Waals surface area contributed by atoms with Crippen molar-refractivity contribution in [1.29, 1.82) is 0 Å². The fraction of sp³-hybridized carbons (Fsp3) is 0.250. The van der Waals surface area contributed by atoms with Gasteiger partial charge in [0.1, 0.15) is 12.4 Å². The van der Waals surface area contributed by atoms with E-state index in [2.05, 4.69) is 86.5 Å². The Morgan fingerprint density at radius 3 is 1.81 bits per heavy atom. The van der Waals surface area contributed by atoms with Crippen LogP contribution in [0.25, 0.3) is 0 Å². The molecule has 0 fully saturated rings. The van der Waals surface area contributed by atoms with Crippen LogP contribution in [-0.2, 0) is 0 Å². The van der Waals surface area contributed by atoms with Crippen LogP contribution in [0, 0.1) is 6.92 Å². The van der Waals surface area contributed by atoms with Crippen molar-refractivity contribution in [3.63, 3.8) is 0 Å². The molecule has 0 heterocycles. The van der Waals surface area contributed by atoms with Crippen molar-refractivity contribution in [1.82, 2.24) is 0 Å². The van der Waals surface area contributed by atoms with Gasteiger partial charge in [-0.2, -0.15) is 0 Å². The average Bonchev–Trinajstić information content (AvgIpc) is 2.72. The summed E-state index contributed by atoms with van der Waals surface area (Å²) in [6.07, 6.45) is 0. The molecule has 1 N–H and O–H groups in total. The van der Waals surface area contributed by atoms with E-state index in [4.69, 9.17) is 9.84 Å². The van der Waals surface area contributed by atoms with Crippen LogP contribution in [0.1, 0.15) is 29.5 Å². The highest BCUT2D eigenvalue weighted by atomic mass is 16.5. The summed E-state index contributed by atoms with van der Waals surface area (Å²) in [6, 6.07) is 25.4. The van der Waals surface area contributed by atoms with Gasteiger partial charge >= 0.3 is 0 Å². The van der Waals surface area contributed by atoms with Gasteiger partial charge in [0, 0.05) is 24.3 Å². The summed E-state index contributed by atoms with van der Waals surface area (Å²) in [5.41, 5.74) is 6.14. The summed E-state index contributed by atoms with van der Waals surface area (Å²) in [4.78, 5) is 2.20. The number of hydrogen-bond acceptors (Lipinski definition) is 3. The monoisotopic (exact) mass is 361 g/mol. The van der Waals surface area contributed by atoms with Crippen LogP contribution < -0.4 is 9.64 Å². The first-order valence-electron chi connectivity index (χ1n) is 9.32. The Labute approximate surface area is 161 Å². The third-order valence-electron chi connectivity index (χ3n) is 4.94. The van der Waals surface area contributed by atoms with Gasteiger partial charge in [-0.05, 0) is 54.4 Å². The van der Waals surface area contributed by atoms with E-state index in [0.29, 0.717) is 12.5 Å².